The molecule has 0 saturated carbocycles. The van der Waals surface area contributed by atoms with Gasteiger partial charge in [0.2, 0.25) is 5.91 Å². The van der Waals surface area contributed by atoms with Crippen molar-refractivity contribution in [1.29, 1.82) is 0 Å². The molecule has 0 bridgehead atoms. The van der Waals surface area contributed by atoms with Crippen LogP contribution in [-0.2, 0) is 4.79 Å². The molecule has 8 nitrogen and oxygen atoms in total. The Morgan fingerprint density at radius 3 is 2.96 bits per heavy atom. The minimum atomic E-state index is -0.114. The highest BCUT2D eigenvalue weighted by atomic mass is 16.5. The Morgan fingerprint density at radius 1 is 1.38 bits per heavy atom. The van der Waals surface area contributed by atoms with E-state index in [1.807, 2.05) is 10.9 Å². The lowest BCUT2D eigenvalue weighted by molar-refractivity contribution is -0.117. The number of anilines is 1. The molecule has 2 amide bonds. The number of amides is 2. The lowest BCUT2D eigenvalue weighted by atomic mass is 10.3. The number of hydrogen-bond donors (Lipinski definition) is 0. The van der Waals surface area contributed by atoms with Crippen molar-refractivity contribution >= 4 is 17.5 Å². The van der Waals surface area contributed by atoms with Gasteiger partial charge < -0.3 is 14.3 Å². The number of likely N-dealkylation sites (tertiary alicyclic amines) is 1. The van der Waals surface area contributed by atoms with Crippen LogP contribution < -0.4 is 4.90 Å². The van der Waals surface area contributed by atoms with Crippen LogP contribution in [0.2, 0.25) is 0 Å². The summed E-state index contributed by atoms with van der Waals surface area (Å²) in [6.45, 7) is 3.76. The molecular formula is C16H19N5O3. The Labute approximate surface area is 139 Å². The largest absolute Gasteiger partial charge is 0.361 e. The van der Waals surface area contributed by atoms with Crippen LogP contribution in [0.15, 0.2) is 23.0 Å². The van der Waals surface area contributed by atoms with Crippen molar-refractivity contribution in [3.05, 3.63) is 29.9 Å². The van der Waals surface area contributed by atoms with E-state index in [-0.39, 0.29) is 17.9 Å². The Balaban J connectivity index is 1.44. The summed E-state index contributed by atoms with van der Waals surface area (Å²) in [4.78, 5) is 27.8. The highest BCUT2D eigenvalue weighted by molar-refractivity contribution is 5.95. The van der Waals surface area contributed by atoms with Gasteiger partial charge in [0.05, 0.1) is 17.9 Å². The van der Waals surface area contributed by atoms with Crippen LogP contribution in [0.3, 0.4) is 0 Å². The van der Waals surface area contributed by atoms with Gasteiger partial charge in [-0.15, -0.1) is 0 Å². The molecule has 0 spiro atoms. The molecule has 2 fully saturated rings. The molecule has 24 heavy (non-hydrogen) atoms. The lowest BCUT2D eigenvalue weighted by Gasteiger charge is -2.15. The predicted molar refractivity (Wildman–Crippen MR) is 84.6 cm³/mol. The summed E-state index contributed by atoms with van der Waals surface area (Å²) in [6.07, 6.45) is 5.97. The molecule has 1 unspecified atom stereocenters. The minimum Gasteiger partial charge on any atom is -0.361 e. The van der Waals surface area contributed by atoms with Gasteiger partial charge in [0.1, 0.15) is 5.76 Å². The second-order valence-electron chi connectivity index (χ2n) is 6.34. The first kappa shape index (κ1) is 14.9. The highest BCUT2D eigenvalue weighted by Crippen LogP contribution is 2.26. The fraction of sp³-hybridized carbons (Fsp3) is 0.500. The SMILES string of the molecule is Cc1cc(C(=O)N2CCC(n3cc(N4CCCC4=O)cn3)C2)no1. The van der Waals surface area contributed by atoms with Crippen molar-refractivity contribution in [2.75, 3.05) is 24.5 Å². The number of rotatable bonds is 3. The molecule has 2 aliphatic heterocycles. The molecule has 0 aromatic carbocycles. The number of carbonyl (C=O) groups is 2. The van der Waals surface area contributed by atoms with Crippen LogP contribution >= 0.6 is 0 Å². The summed E-state index contributed by atoms with van der Waals surface area (Å²) >= 11 is 0. The van der Waals surface area contributed by atoms with Gasteiger partial charge in [0.25, 0.3) is 5.91 Å². The first-order valence-electron chi connectivity index (χ1n) is 8.19. The van der Waals surface area contributed by atoms with E-state index in [4.69, 9.17) is 4.52 Å². The fourth-order valence-electron chi connectivity index (χ4n) is 3.36. The van der Waals surface area contributed by atoms with E-state index >= 15 is 0 Å². The van der Waals surface area contributed by atoms with E-state index in [0.717, 1.165) is 25.1 Å². The van der Waals surface area contributed by atoms with E-state index in [0.29, 0.717) is 31.0 Å². The van der Waals surface area contributed by atoms with Gasteiger partial charge in [-0.1, -0.05) is 5.16 Å². The standard InChI is InChI=1S/C16H19N5O3/c1-11-7-14(18-24-11)16(23)19-6-4-12(9-19)21-10-13(8-17-21)20-5-2-3-15(20)22/h7-8,10,12H,2-6,9H2,1H3. The van der Waals surface area contributed by atoms with Crippen molar-refractivity contribution in [2.24, 2.45) is 0 Å². The maximum Gasteiger partial charge on any atom is 0.276 e. The third-order valence-corrected chi connectivity index (χ3v) is 4.64. The van der Waals surface area contributed by atoms with Crippen LogP contribution in [0.1, 0.15) is 41.6 Å². The summed E-state index contributed by atoms with van der Waals surface area (Å²) < 4.78 is 6.84. The van der Waals surface area contributed by atoms with Crippen molar-refractivity contribution in [3.63, 3.8) is 0 Å². The maximum absolute atomic E-state index is 12.4. The first-order chi connectivity index (χ1) is 11.6. The summed E-state index contributed by atoms with van der Waals surface area (Å²) in [7, 11) is 0. The van der Waals surface area contributed by atoms with Gasteiger partial charge >= 0.3 is 0 Å². The van der Waals surface area contributed by atoms with Gasteiger partial charge in [-0.25, -0.2) is 0 Å². The van der Waals surface area contributed by atoms with Gasteiger partial charge in [0.15, 0.2) is 5.69 Å². The average molecular weight is 329 g/mol. The van der Waals surface area contributed by atoms with Gasteiger partial charge in [-0.2, -0.15) is 5.10 Å². The van der Waals surface area contributed by atoms with Crippen molar-refractivity contribution in [3.8, 4) is 0 Å². The number of nitrogens with zero attached hydrogens (tertiary/aromatic N) is 5. The van der Waals surface area contributed by atoms with Crippen LogP contribution in [0, 0.1) is 6.92 Å². The Bertz CT molecular complexity index is 780. The monoisotopic (exact) mass is 329 g/mol. The smallest absolute Gasteiger partial charge is 0.276 e. The zero-order valence-corrected chi connectivity index (χ0v) is 13.5. The third kappa shape index (κ3) is 2.57. The van der Waals surface area contributed by atoms with E-state index in [2.05, 4.69) is 10.3 Å². The molecule has 2 aliphatic rings. The summed E-state index contributed by atoms with van der Waals surface area (Å²) in [5, 5.41) is 8.19. The normalized spacial score (nSPS) is 21.0. The molecule has 2 saturated heterocycles. The van der Waals surface area contributed by atoms with Crippen LogP contribution in [0.4, 0.5) is 5.69 Å². The molecule has 1 atom stereocenters. The fourth-order valence-corrected chi connectivity index (χ4v) is 3.36. The molecule has 126 valence electrons. The second-order valence-corrected chi connectivity index (χ2v) is 6.34. The summed E-state index contributed by atoms with van der Waals surface area (Å²) in [5.74, 6) is 0.664. The van der Waals surface area contributed by atoms with Crippen molar-refractivity contribution in [1.82, 2.24) is 19.8 Å². The number of carbonyl (C=O) groups excluding carboxylic acids is 2. The van der Waals surface area contributed by atoms with E-state index in [9.17, 15) is 9.59 Å². The van der Waals surface area contributed by atoms with E-state index in [1.165, 1.54) is 0 Å². The van der Waals surface area contributed by atoms with Gasteiger partial charge in [0, 0.05) is 38.3 Å². The molecule has 4 heterocycles. The number of aromatic nitrogens is 3. The van der Waals surface area contributed by atoms with Gasteiger partial charge in [-0.3, -0.25) is 14.3 Å². The molecule has 0 N–H and O–H groups in total. The van der Waals surface area contributed by atoms with Crippen molar-refractivity contribution < 1.29 is 14.1 Å². The molecular weight excluding hydrogens is 310 g/mol. The van der Waals surface area contributed by atoms with E-state index in [1.54, 1.807) is 29.0 Å². The maximum atomic E-state index is 12.4. The van der Waals surface area contributed by atoms with Crippen LogP contribution in [0.5, 0.6) is 0 Å². The Kier molecular flexibility index (Phi) is 3.59. The number of aryl methyl sites for hydroxylation is 1. The van der Waals surface area contributed by atoms with Crippen LogP contribution in [-0.4, -0.2) is 51.3 Å². The Hall–Kier alpha value is -2.64. The molecule has 0 aliphatic carbocycles. The molecule has 2 aromatic rings. The van der Waals surface area contributed by atoms with Crippen LogP contribution in [0.25, 0.3) is 0 Å². The summed E-state index contributed by atoms with van der Waals surface area (Å²) in [6, 6.07) is 1.77. The molecule has 8 heteroatoms. The lowest BCUT2D eigenvalue weighted by Crippen LogP contribution is -2.29. The topological polar surface area (TPSA) is 84.5 Å². The average Bonchev–Trinajstić information content (AvgIpc) is 3.33. The minimum absolute atomic E-state index is 0.114. The summed E-state index contributed by atoms with van der Waals surface area (Å²) in [5.41, 5.74) is 1.19. The van der Waals surface area contributed by atoms with Crippen molar-refractivity contribution in [2.45, 2.75) is 32.2 Å². The predicted octanol–water partition coefficient (Wildman–Crippen LogP) is 1.39. The number of hydrogen-bond acceptors (Lipinski definition) is 5. The Morgan fingerprint density at radius 2 is 2.25 bits per heavy atom. The van der Waals surface area contributed by atoms with Gasteiger partial charge in [-0.05, 0) is 19.8 Å². The third-order valence-electron chi connectivity index (χ3n) is 4.64. The first-order valence-corrected chi connectivity index (χ1v) is 8.19. The molecule has 2 aromatic heterocycles. The quantitative estimate of drug-likeness (QED) is 0.849. The zero-order valence-electron chi connectivity index (χ0n) is 13.5. The zero-order chi connectivity index (χ0) is 16.7. The molecule has 0 radical (unpaired) electrons. The van der Waals surface area contributed by atoms with E-state index < -0.39 is 0 Å². The molecule has 4 rings (SSSR count). The second kappa shape index (κ2) is 5.77. The highest BCUT2D eigenvalue weighted by Gasteiger charge is 2.31.